The van der Waals surface area contributed by atoms with Crippen molar-refractivity contribution in [1.29, 1.82) is 0 Å². The average molecular weight is 393 g/mol. The summed E-state index contributed by atoms with van der Waals surface area (Å²) in [5, 5.41) is 17.1. The number of nitrogens with zero attached hydrogens (tertiary/aromatic N) is 3. The van der Waals surface area contributed by atoms with Crippen LogP contribution < -0.4 is 10.7 Å². The summed E-state index contributed by atoms with van der Waals surface area (Å²) in [5.41, 5.74) is 3.15. The van der Waals surface area contributed by atoms with Gasteiger partial charge in [-0.15, -0.1) is 0 Å². The number of benzene rings is 1. The maximum Gasteiger partial charge on any atom is 0.270 e. The molecule has 3 aromatic rings. The minimum atomic E-state index is -0.519. The van der Waals surface area contributed by atoms with E-state index in [0.29, 0.717) is 22.6 Å². The van der Waals surface area contributed by atoms with E-state index in [1.54, 1.807) is 24.3 Å². The van der Waals surface area contributed by atoms with E-state index in [9.17, 15) is 19.7 Å². The molecule has 0 unspecified atom stereocenters. The van der Waals surface area contributed by atoms with E-state index in [1.807, 2.05) is 0 Å². The molecule has 0 saturated heterocycles. The van der Waals surface area contributed by atoms with Crippen molar-refractivity contribution in [2.45, 2.75) is 0 Å². The normalized spacial score (nSPS) is 10.6. The third-order valence-electron chi connectivity index (χ3n) is 3.70. The van der Waals surface area contributed by atoms with Gasteiger partial charge in [0, 0.05) is 35.7 Å². The Morgan fingerprint density at radius 2 is 1.97 bits per heavy atom. The molecule has 0 aliphatic rings. The van der Waals surface area contributed by atoms with E-state index >= 15 is 0 Å². The highest BCUT2D eigenvalue weighted by Gasteiger charge is 2.10. The second-order valence-corrected chi connectivity index (χ2v) is 5.72. The van der Waals surface area contributed by atoms with E-state index in [-0.39, 0.29) is 12.2 Å². The Hall–Kier alpha value is -4.34. The van der Waals surface area contributed by atoms with Gasteiger partial charge < -0.3 is 9.73 Å². The van der Waals surface area contributed by atoms with E-state index in [4.69, 9.17) is 4.42 Å². The van der Waals surface area contributed by atoms with Crippen LogP contribution in [0.15, 0.2) is 70.4 Å². The first kappa shape index (κ1) is 19.4. The topological polar surface area (TPSA) is 140 Å². The van der Waals surface area contributed by atoms with E-state index < -0.39 is 16.7 Å². The standard InChI is InChI=1S/C19H15N5O5/c25-18(12-21-19(26)13-6-8-20-9-7-13)23-22-11-16-4-5-17(29-16)14-2-1-3-15(10-14)24(27)28/h1-11H,12H2,(H,21,26)(H,23,25)/b22-11-. The highest BCUT2D eigenvalue weighted by Crippen LogP contribution is 2.25. The molecule has 10 heteroatoms. The summed E-state index contributed by atoms with van der Waals surface area (Å²) in [6.45, 7) is -0.254. The lowest BCUT2D eigenvalue weighted by molar-refractivity contribution is -0.384. The van der Waals surface area contributed by atoms with Gasteiger partial charge in [-0.05, 0) is 24.3 Å². The Bertz CT molecular complexity index is 1060. The van der Waals surface area contributed by atoms with Crippen molar-refractivity contribution in [2.24, 2.45) is 5.10 Å². The summed E-state index contributed by atoms with van der Waals surface area (Å²) in [6.07, 6.45) is 4.23. The summed E-state index contributed by atoms with van der Waals surface area (Å²) in [4.78, 5) is 37.8. The Morgan fingerprint density at radius 3 is 2.72 bits per heavy atom. The van der Waals surface area contributed by atoms with Crippen LogP contribution >= 0.6 is 0 Å². The van der Waals surface area contributed by atoms with Gasteiger partial charge in [-0.3, -0.25) is 24.7 Å². The van der Waals surface area contributed by atoms with Crippen molar-refractivity contribution in [2.75, 3.05) is 6.54 Å². The smallest absolute Gasteiger partial charge is 0.270 e. The maximum atomic E-state index is 11.8. The number of hydrazone groups is 1. The summed E-state index contributed by atoms with van der Waals surface area (Å²) in [6, 6.07) is 12.3. The average Bonchev–Trinajstić information content (AvgIpc) is 3.21. The second kappa shape index (κ2) is 9.04. The van der Waals surface area contributed by atoms with Crippen LogP contribution in [-0.4, -0.2) is 34.5 Å². The molecule has 0 atom stereocenters. The van der Waals surface area contributed by atoms with Gasteiger partial charge in [-0.1, -0.05) is 12.1 Å². The van der Waals surface area contributed by atoms with Crippen LogP contribution in [0.3, 0.4) is 0 Å². The minimum absolute atomic E-state index is 0.0461. The quantitative estimate of drug-likeness (QED) is 0.358. The Morgan fingerprint density at radius 1 is 1.17 bits per heavy atom. The van der Waals surface area contributed by atoms with Crippen molar-refractivity contribution < 1.29 is 18.9 Å². The lowest BCUT2D eigenvalue weighted by atomic mass is 10.1. The fraction of sp³-hybridized carbons (Fsp3) is 0.0526. The third-order valence-corrected chi connectivity index (χ3v) is 3.70. The maximum absolute atomic E-state index is 11.8. The van der Waals surface area contributed by atoms with Gasteiger partial charge in [0.1, 0.15) is 11.5 Å². The molecule has 0 bridgehead atoms. The first-order chi connectivity index (χ1) is 14.0. The lowest BCUT2D eigenvalue weighted by Gasteiger charge is -2.03. The van der Waals surface area contributed by atoms with Gasteiger partial charge in [-0.2, -0.15) is 5.10 Å². The van der Waals surface area contributed by atoms with Crippen LogP contribution in [0, 0.1) is 10.1 Å². The largest absolute Gasteiger partial charge is 0.455 e. The molecule has 0 saturated carbocycles. The minimum Gasteiger partial charge on any atom is -0.455 e. The molecular formula is C19H15N5O5. The molecule has 2 N–H and O–H groups in total. The monoisotopic (exact) mass is 393 g/mol. The molecule has 29 heavy (non-hydrogen) atoms. The first-order valence-corrected chi connectivity index (χ1v) is 8.38. The number of hydrogen-bond donors (Lipinski definition) is 2. The van der Waals surface area contributed by atoms with Gasteiger partial charge in [0.2, 0.25) is 0 Å². The molecule has 2 heterocycles. The number of pyridine rings is 1. The van der Waals surface area contributed by atoms with Crippen molar-refractivity contribution in [3.05, 3.63) is 82.4 Å². The fourth-order valence-corrected chi connectivity index (χ4v) is 2.32. The number of carbonyl (C=O) groups excluding carboxylic acids is 2. The van der Waals surface area contributed by atoms with E-state index in [2.05, 4.69) is 20.8 Å². The SMILES string of the molecule is O=C(CNC(=O)c1ccncc1)N/N=C\c1ccc(-c2cccc([N+](=O)[O-])c2)o1. The number of rotatable bonds is 7. The predicted octanol–water partition coefficient (Wildman–Crippen LogP) is 2.13. The zero-order valence-electron chi connectivity index (χ0n) is 14.9. The van der Waals surface area contributed by atoms with Gasteiger partial charge in [-0.25, -0.2) is 5.43 Å². The highest BCUT2D eigenvalue weighted by molar-refractivity contribution is 5.96. The van der Waals surface area contributed by atoms with Crippen molar-refractivity contribution in [3.8, 4) is 11.3 Å². The molecule has 1 aromatic carbocycles. The van der Waals surface area contributed by atoms with Gasteiger partial charge in [0.15, 0.2) is 0 Å². The molecule has 2 aromatic heterocycles. The van der Waals surface area contributed by atoms with Crippen LogP contribution in [0.5, 0.6) is 0 Å². The van der Waals surface area contributed by atoms with Crippen LogP contribution in [0.1, 0.15) is 16.1 Å². The van der Waals surface area contributed by atoms with Crippen LogP contribution in [-0.2, 0) is 4.79 Å². The molecule has 146 valence electrons. The van der Waals surface area contributed by atoms with Crippen LogP contribution in [0.25, 0.3) is 11.3 Å². The van der Waals surface area contributed by atoms with Crippen molar-refractivity contribution in [1.82, 2.24) is 15.7 Å². The Balaban J connectivity index is 1.52. The highest BCUT2D eigenvalue weighted by atomic mass is 16.6. The number of nitro benzene ring substituents is 1. The van der Waals surface area contributed by atoms with E-state index in [1.165, 1.54) is 42.9 Å². The molecule has 10 nitrogen and oxygen atoms in total. The van der Waals surface area contributed by atoms with Crippen molar-refractivity contribution >= 4 is 23.7 Å². The summed E-state index contributed by atoms with van der Waals surface area (Å²) < 4.78 is 5.54. The number of furan rings is 1. The molecule has 3 rings (SSSR count). The third kappa shape index (κ3) is 5.32. The Kier molecular flexibility index (Phi) is 6.05. The number of nitro groups is 1. The van der Waals surface area contributed by atoms with Gasteiger partial charge >= 0.3 is 0 Å². The first-order valence-electron chi connectivity index (χ1n) is 8.38. The Labute approximate surface area is 164 Å². The molecule has 0 fully saturated rings. The van der Waals surface area contributed by atoms with Gasteiger partial charge in [0.05, 0.1) is 17.7 Å². The van der Waals surface area contributed by atoms with Crippen LogP contribution in [0.2, 0.25) is 0 Å². The molecule has 0 aliphatic carbocycles. The van der Waals surface area contributed by atoms with E-state index in [0.717, 1.165) is 0 Å². The van der Waals surface area contributed by atoms with Crippen molar-refractivity contribution in [3.63, 3.8) is 0 Å². The summed E-state index contributed by atoms with van der Waals surface area (Å²) in [5.74, 6) is -0.160. The number of hydrogen-bond acceptors (Lipinski definition) is 7. The number of aromatic nitrogens is 1. The summed E-state index contributed by atoms with van der Waals surface area (Å²) >= 11 is 0. The molecule has 2 amide bonds. The summed E-state index contributed by atoms with van der Waals surface area (Å²) in [7, 11) is 0. The predicted molar refractivity (Wildman–Crippen MR) is 103 cm³/mol. The zero-order valence-corrected chi connectivity index (χ0v) is 14.9. The van der Waals surface area contributed by atoms with Crippen LogP contribution in [0.4, 0.5) is 5.69 Å². The molecule has 0 radical (unpaired) electrons. The van der Waals surface area contributed by atoms with Gasteiger partial charge in [0.25, 0.3) is 17.5 Å². The fourth-order valence-electron chi connectivity index (χ4n) is 2.32. The number of carbonyl (C=O) groups is 2. The number of amides is 2. The number of non-ortho nitro benzene ring substituents is 1. The number of nitrogens with one attached hydrogen (secondary N) is 2. The molecule has 0 spiro atoms. The second-order valence-electron chi connectivity index (χ2n) is 5.72. The zero-order chi connectivity index (χ0) is 20.6. The molecular weight excluding hydrogens is 378 g/mol. The molecule has 0 aliphatic heterocycles. The lowest BCUT2D eigenvalue weighted by Crippen LogP contribution is -2.34.